The number of benzene rings is 5. The summed E-state index contributed by atoms with van der Waals surface area (Å²) in [6.45, 7) is 8.88. The van der Waals surface area contributed by atoms with E-state index in [9.17, 15) is 0 Å². The molecule has 0 fully saturated rings. The summed E-state index contributed by atoms with van der Waals surface area (Å²) < 4.78 is 0. The lowest BCUT2D eigenvalue weighted by Gasteiger charge is -2.35. The zero-order valence-corrected chi connectivity index (χ0v) is 26.9. The van der Waals surface area contributed by atoms with E-state index in [-0.39, 0.29) is 0 Å². The Morgan fingerprint density at radius 1 is 0.578 bits per heavy atom. The summed E-state index contributed by atoms with van der Waals surface area (Å²) >= 11 is 0. The molecular weight excluding hydrogens is 544 g/mol. The van der Waals surface area contributed by atoms with Gasteiger partial charge in [0.25, 0.3) is 0 Å². The molecule has 5 aromatic rings. The molecule has 0 saturated carbocycles. The van der Waals surface area contributed by atoms with Crippen LogP contribution in [0.2, 0.25) is 0 Å². The van der Waals surface area contributed by atoms with Crippen molar-refractivity contribution >= 4 is 44.3 Å². The van der Waals surface area contributed by atoms with E-state index in [1.54, 1.807) is 0 Å². The first-order valence-corrected chi connectivity index (χ1v) is 16.4. The van der Waals surface area contributed by atoms with Crippen LogP contribution in [0.1, 0.15) is 50.7 Å². The van der Waals surface area contributed by atoms with E-state index >= 15 is 0 Å². The highest BCUT2D eigenvalue weighted by atomic mass is 15.2. The fourth-order valence-corrected chi connectivity index (χ4v) is 6.80. The van der Waals surface area contributed by atoms with Gasteiger partial charge in [-0.15, -0.1) is 0 Å². The lowest BCUT2D eigenvalue weighted by Crippen LogP contribution is -2.23. The molecule has 2 aliphatic carbocycles. The molecule has 45 heavy (non-hydrogen) atoms. The van der Waals surface area contributed by atoms with Crippen LogP contribution in [0.25, 0.3) is 21.5 Å². The normalized spacial score (nSPS) is 16.6. The molecule has 0 saturated heterocycles. The second kappa shape index (κ2) is 12.3. The fraction of sp³-hybridized carbons (Fsp3) is 0.209. The lowest BCUT2D eigenvalue weighted by atomic mass is 9.94. The first-order chi connectivity index (χ1) is 22.0. The molecule has 0 aliphatic heterocycles. The quantitative estimate of drug-likeness (QED) is 0.144. The van der Waals surface area contributed by atoms with Crippen LogP contribution in [0.5, 0.6) is 0 Å². The number of hydrogen-bond donors (Lipinski definition) is 0. The number of aryl methyl sites for hydroxylation is 2. The smallest absolute Gasteiger partial charge is 0.0619 e. The maximum Gasteiger partial charge on any atom is 0.0619 e. The Balaban J connectivity index is 1.57. The summed E-state index contributed by atoms with van der Waals surface area (Å²) in [4.78, 5) is 5.03. The van der Waals surface area contributed by atoms with Crippen molar-refractivity contribution in [3.05, 3.63) is 156 Å². The first kappa shape index (κ1) is 28.9. The highest BCUT2D eigenvalue weighted by Crippen LogP contribution is 2.50. The van der Waals surface area contributed by atoms with Gasteiger partial charge in [-0.1, -0.05) is 115 Å². The van der Waals surface area contributed by atoms with Gasteiger partial charge >= 0.3 is 0 Å². The van der Waals surface area contributed by atoms with Crippen molar-refractivity contribution < 1.29 is 0 Å². The topological polar surface area (TPSA) is 6.48 Å². The van der Waals surface area contributed by atoms with Crippen LogP contribution in [0.3, 0.4) is 0 Å². The number of allylic oxidation sites excluding steroid dienone is 7. The molecular formula is C43H42N2. The summed E-state index contributed by atoms with van der Waals surface area (Å²) in [6.07, 6.45) is 16.2. The van der Waals surface area contributed by atoms with E-state index in [2.05, 4.69) is 165 Å². The Morgan fingerprint density at radius 3 is 1.58 bits per heavy atom. The van der Waals surface area contributed by atoms with E-state index in [0.29, 0.717) is 5.92 Å². The molecule has 7 rings (SSSR count). The molecule has 1 unspecified atom stereocenters. The average Bonchev–Trinajstić information content (AvgIpc) is 3.28. The molecule has 5 aromatic carbocycles. The zero-order chi connectivity index (χ0) is 30.9. The lowest BCUT2D eigenvalue weighted by molar-refractivity contribution is 0.662. The number of hydrogen-bond acceptors (Lipinski definition) is 2. The van der Waals surface area contributed by atoms with Gasteiger partial charge in [-0.2, -0.15) is 0 Å². The van der Waals surface area contributed by atoms with Gasteiger partial charge in [0.1, 0.15) is 0 Å². The van der Waals surface area contributed by atoms with Gasteiger partial charge in [0.2, 0.25) is 0 Å². The maximum absolute atomic E-state index is 2.58. The summed E-state index contributed by atoms with van der Waals surface area (Å²) in [5.41, 5.74) is 11.4. The Hall–Kier alpha value is -4.82. The highest BCUT2D eigenvalue weighted by molar-refractivity contribution is 6.22. The number of rotatable bonds is 6. The van der Waals surface area contributed by atoms with Crippen LogP contribution < -0.4 is 9.80 Å². The van der Waals surface area contributed by atoms with Crippen LogP contribution in [0.15, 0.2) is 144 Å². The van der Waals surface area contributed by atoms with Gasteiger partial charge in [0.05, 0.1) is 11.4 Å². The van der Waals surface area contributed by atoms with E-state index in [1.807, 2.05) is 0 Å². The number of anilines is 4. The van der Waals surface area contributed by atoms with Crippen molar-refractivity contribution in [2.45, 2.75) is 53.4 Å². The SMILES string of the molecule is CC1=CC=C(N(C2=CCCC(C)C=C2)c2c3ccccc3c(N(c3ccc(C)cc3)c3ccc(C)cc3)c3ccccc23)CC1. The predicted molar refractivity (Wildman–Crippen MR) is 195 cm³/mol. The third-order valence-electron chi connectivity index (χ3n) is 9.36. The minimum absolute atomic E-state index is 0.566. The average molecular weight is 587 g/mol. The molecule has 224 valence electrons. The van der Waals surface area contributed by atoms with Gasteiger partial charge in [-0.05, 0) is 88.8 Å². The monoisotopic (exact) mass is 586 g/mol. The molecule has 1 atom stereocenters. The van der Waals surface area contributed by atoms with Gasteiger partial charge < -0.3 is 9.80 Å². The van der Waals surface area contributed by atoms with Crippen LogP contribution in [-0.4, -0.2) is 0 Å². The van der Waals surface area contributed by atoms with Gasteiger partial charge in [0.15, 0.2) is 0 Å². The van der Waals surface area contributed by atoms with E-state index in [0.717, 1.165) is 30.6 Å². The molecule has 0 heterocycles. The van der Waals surface area contributed by atoms with E-state index in [4.69, 9.17) is 0 Å². The molecule has 2 nitrogen and oxygen atoms in total. The van der Waals surface area contributed by atoms with Crippen molar-refractivity contribution in [1.82, 2.24) is 0 Å². The minimum Gasteiger partial charge on any atom is -0.313 e. The molecule has 2 heteroatoms. The molecule has 0 N–H and O–H groups in total. The Kier molecular flexibility index (Phi) is 7.90. The molecule has 0 aromatic heterocycles. The predicted octanol–water partition coefficient (Wildman–Crippen LogP) is 12.4. The van der Waals surface area contributed by atoms with Crippen LogP contribution >= 0.6 is 0 Å². The highest BCUT2D eigenvalue weighted by Gasteiger charge is 2.27. The van der Waals surface area contributed by atoms with Crippen LogP contribution in [-0.2, 0) is 0 Å². The van der Waals surface area contributed by atoms with Gasteiger partial charge in [-0.25, -0.2) is 0 Å². The summed E-state index contributed by atoms with van der Waals surface area (Å²) in [5, 5.41) is 5.00. The van der Waals surface area contributed by atoms with Crippen molar-refractivity contribution in [2.24, 2.45) is 5.92 Å². The maximum atomic E-state index is 2.58. The van der Waals surface area contributed by atoms with E-state index in [1.165, 1.54) is 67.4 Å². The van der Waals surface area contributed by atoms with Crippen molar-refractivity contribution in [3.8, 4) is 0 Å². The standard InChI is InChI=1S/C43H42N2/c1-30-10-9-11-34(23-16-30)44(35-24-17-31(2)18-25-35)42-38-12-5-7-14-40(38)43(41-15-8-6-13-39(41)42)45(36-26-19-32(3)20-27-36)37-28-21-33(4)22-29-37/h5-8,11-17,19-24,26-30H,9-10,18,25H2,1-4H3. The number of nitrogens with zero attached hydrogens (tertiary/aromatic N) is 2. The second-order valence-electron chi connectivity index (χ2n) is 12.8. The largest absolute Gasteiger partial charge is 0.313 e. The first-order valence-electron chi connectivity index (χ1n) is 16.4. The van der Waals surface area contributed by atoms with E-state index < -0.39 is 0 Å². The molecule has 0 spiro atoms. The van der Waals surface area contributed by atoms with Crippen molar-refractivity contribution in [2.75, 3.05) is 9.80 Å². The van der Waals surface area contributed by atoms with Crippen molar-refractivity contribution in [3.63, 3.8) is 0 Å². The van der Waals surface area contributed by atoms with Gasteiger partial charge in [0, 0.05) is 44.3 Å². The fourth-order valence-electron chi connectivity index (χ4n) is 6.80. The second-order valence-corrected chi connectivity index (χ2v) is 12.8. The molecule has 0 radical (unpaired) electrons. The zero-order valence-electron chi connectivity index (χ0n) is 26.9. The molecule has 0 bridgehead atoms. The third kappa shape index (κ3) is 5.62. The molecule has 0 amide bonds. The Bertz CT molecular complexity index is 1880. The summed E-state index contributed by atoms with van der Waals surface area (Å²) in [6, 6.07) is 35.9. The van der Waals surface area contributed by atoms with Crippen LogP contribution in [0.4, 0.5) is 22.7 Å². The third-order valence-corrected chi connectivity index (χ3v) is 9.36. The molecule has 2 aliphatic rings. The number of fused-ring (bicyclic) bond motifs is 2. The summed E-state index contributed by atoms with van der Waals surface area (Å²) in [7, 11) is 0. The minimum atomic E-state index is 0.566. The Labute approximate surface area is 268 Å². The van der Waals surface area contributed by atoms with Gasteiger partial charge in [-0.3, -0.25) is 0 Å². The van der Waals surface area contributed by atoms with Crippen LogP contribution in [0, 0.1) is 19.8 Å². The van der Waals surface area contributed by atoms with Crippen molar-refractivity contribution in [1.29, 1.82) is 0 Å². The Morgan fingerprint density at radius 2 is 1.09 bits per heavy atom. The summed E-state index contributed by atoms with van der Waals surface area (Å²) in [5.74, 6) is 0.566.